The number of aromatic nitrogens is 3. The third-order valence-electron chi connectivity index (χ3n) is 3.51. The summed E-state index contributed by atoms with van der Waals surface area (Å²) in [6.45, 7) is 0. The van der Waals surface area contributed by atoms with Gasteiger partial charge in [0.25, 0.3) is 5.56 Å². The molecular formula is C16H11N3O. The molecule has 20 heavy (non-hydrogen) atoms. The van der Waals surface area contributed by atoms with Crippen molar-refractivity contribution in [2.75, 3.05) is 0 Å². The Balaban J connectivity index is 2.27. The highest BCUT2D eigenvalue weighted by Gasteiger charge is 2.12. The normalized spacial score (nSPS) is 11.2. The van der Waals surface area contributed by atoms with Crippen LogP contribution < -0.4 is 5.56 Å². The van der Waals surface area contributed by atoms with E-state index in [-0.39, 0.29) is 5.56 Å². The van der Waals surface area contributed by atoms with Crippen LogP contribution in [0.25, 0.3) is 27.5 Å². The van der Waals surface area contributed by atoms with Crippen molar-refractivity contribution in [3.05, 3.63) is 71.1 Å². The molecule has 0 atom stereocenters. The van der Waals surface area contributed by atoms with Crippen molar-refractivity contribution in [3.8, 4) is 5.69 Å². The topological polar surface area (TPSA) is 50.7 Å². The van der Waals surface area contributed by atoms with Gasteiger partial charge in [-0.15, -0.1) is 0 Å². The molecule has 4 heteroatoms. The van der Waals surface area contributed by atoms with E-state index in [4.69, 9.17) is 0 Å². The Bertz CT molecular complexity index is 967. The molecule has 2 aromatic heterocycles. The number of para-hydroxylation sites is 1. The van der Waals surface area contributed by atoms with Gasteiger partial charge in [0.1, 0.15) is 5.65 Å². The monoisotopic (exact) mass is 261 g/mol. The number of hydrogen-bond donors (Lipinski definition) is 1. The minimum atomic E-state index is -0.0384. The molecule has 2 aromatic carbocycles. The Morgan fingerprint density at radius 3 is 2.35 bits per heavy atom. The summed E-state index contributed by atoms with van der Waals surface area (Å²) in [7, 11) is 0. The molecule has 0 saturated carbocycles. The fourth-order valence-corrected chi connectivity index (χ4v) is 2.60. The molecule has 4 rings (SSSR count). The van der Waals surface area contributed by atoms with Crippen molar-refractivity contribution >= 4 is 21.8 Å². The van der Waals surface area contributed by atoms with Crippen molar-refractivity contribution in [2.45, 2.75) is 0 Å². The molecule has 0 bridgehead atoms. The molecule has 0 spiro atoms. The van der Waals surface area contributed by atoms with Gasteiger partial charge in [0, 0.05) is 10.8 Å². The number of nitrogens with zero attached hydrogens (tertiary/aromatic N) is 2. The first-order valence-corrected chi connectivity index (χ1v) is 6.38. The Morgan fingerprint density at radius 2 is 1.55 bits per heavy atom. The highest BCUT2D eigenvalue weighted by atomic mass is 16.1. The van der Waals surface area contributed by atoms with E-state index in [1.807, 2.05) is 54.6 Å². The fraction of sp³-hybridized carbons (Fsp3) is 0. The van der Waals surface area contributed by atoms with Crippen molar-refractivity contribution in [1.29, 1.82) is 0 Å². The van der Waals surface area contributed by atoms with Gasteiger partial charge in [-0.1, -0.05) is 36.4 Å². The predicted molar refractivity (Wildman–Crippen MR) is 79.2 cm³/mol. The highest BCUT2D eigenvalue weighted by molar-refractivity contribution is 6.04. The van der Waals surface area contributed by atoms with Crippen molar-refractivity contribution < 1.29 is 0 Å². The molecular weight excluding hydrogens is 250 g/mol. The van der Waals surface area contributed by atoms with E-state index in [2.05, 4.69) is 10.2 Å². The first kappa shape index (κ1) is 11.0. The molecule has 0 aliphatic carbocycles. The number of rotatable bonds is 1. The van der Waals surface area contributed by atoms with Gasteiger partial charge in [-0.2, -0.15) is 5.10 Å². The number of nitrogens with one attached hydrogen (secondary N) is 1. The zero-order chi connectivity index (χ0) is 13.5. The summed E-state index contributed by atoms with van der Waals surface area (Å²) in [5, 5.41) is 9.60. The third kappa shape index (κ3) is 1.42. The summed E-state index contributed by atoms with van der Waals surface area (Å²) in [5.41, 5.74) is 1.51. The Labute approximate surface area is 114 Å². The molecule has 0 radical (unpaired) electrons. The van der Waals surface area contributed by atoms with Crippen LogP contribution in [-0.2, 0) is 0 Å². The number of fused-ring (bicyclic) bond motifs is 3. The molecule has 1 N–H and O–H groups in total. The molecule has 2 heterocycles. The first-order valence-electron chi connectivity index (χ1n) is 6.38. The molecule has 4 nitrogen and oxygen atoms in total. The second kappa shape index (κ2) is 4.06. The van der Waals surface area contributed by atoms with E-state index in [1.54, 1.807) is 10.8 Å². The third-order valence-corrected chi connectivity index (χ3v) is 3.51. The van der Waals surface area contributed by atoms with Crippen LogP contribution in [0, 0.1) is 0 Å². The van der Waals surface area contributed by atoms with Crippen LogP contribution >= 0.6 is 0 Å². The van der Waals surface area contributed by atoms with Crippen LogP contribution in [0.4, 0.5) is 0 Å². The van der Waals surface area contributed by atoms with Crippen molar-refractivity contribution in [3.63, 3.8) is 0 Å². The number of pyridine rings is 1. The largest absolute Gasteiger partial charge is 0.268 e. The summed E-state index contributed by atoms with van der Waals surface area (Å²) in [5.74, 6) is 0. The van der Waals surface area contributed by atoms with Gasteiger partial charge in [-0.05, 0) is 23.6 Å². The van der Waals surface area contributed by atoms with Gasteiger partial charge in [0.15, 0.2) is 0 Å². The van der Waals surface area contributed by atoms with E-state index >= 15 is 0 Å². The van der Waals surface area contributed by atoms with Crippen LogP contribution in [0.1, 0.15) is 0 Å². The SMILES string of the molecule is O=c1c2ccccc2c2cn[nH]c2n1-c1ccccc1. The molecule has 0 fully saturated rings. The smallest absolute Gasteiger partial charge is 0.264 e. The lowest BCUT2D eigenvalue weighted by Gasteiger charge is -2.09. The van der Waals surface area contributed by atoms with Gasteiger partial charge < -0.3 is 0 Å². The Morgan fingerprint density at radius 1 is 0.850 bits per heavy atom. The number of benzene rings is 2. The van der Waals surface area contributed by atoms with E-state index in [0.29, 0.717) is 5.39 Å². The maximum absolute atomic E-state index is 12.8. The molecule has 0 amide bonds. The second-order valence-corrected chi connectivity index (χ2v) is 4.65. The van der Waals surface area contributed by atoms with Gasteiger partial charge in [0.2, 0.25) is 0 Å². The van der Waals surface area contributed by atoms with Crippen molar-refractivity contribution in [1.82, 2.24) is 14.8 Å². The minimum Gasteiger partial charge on any atom is -0.268 e. The molecule has 0 unspecified atom stereocenters. The zero-order valence-corrected chi connectivity index (χ0v) is 10.6. The maximum atomic E-state index is 12.8. The van der Waals surface area contributed by atoms with Gasteiger partial charge in [-0.25, -0.2) is 0 Å². The van der Waals surface area contributed by atoms with Crippen LogP contribution in [0.2, 0.25) is 0 Å². The fourth-order valence-electron chi connectivity index (χ4n) is 2.60. The van der Waals surface area contributed by atoms with E-state index < -0.39 is 0 Å². The number of hydrogen-bond acceptors (Lipinski definition) is 2. The summed E-state index contributed by atoms with van der Waals surface area (Å²) in [4.78, 5) is 12.8. The molecule has 0 saturated heterocycles. The van der Waals surface area contributed by atoms with Crippen LogP contribution in [0.3, 0.4) is 0 Å². The Kier molecular flexibility index (Phi) is 2.23. The Hall–Kier alpha value is -2.88. The average molecular weight is 261 g/mol. The molecule has 4 aromatic rings. The number of aromatic amines is 1. The lowest BCUT2D eigenvalue weighted by atomic mass is 10.1. The summed E-state index contributed by atoms with van der Waals surface area (Å²) in [6.07, 6.45) is 1.76. The predicted octanol–water partition coefficient (Wildman–Crippen LogP) is 2.87. The summed E-state index contributed by atoms with van der Waals surface area (Å²) in [6, 6.07) is 17.2. The van der Waals surface area contributed by atoms with Crippen LogP contribution in [-0.4, -0.2) is 14.8 Å². The lowest BCUT2D eigenvalue weighted by Crippen LogP contribution is -2.19. The molecule has 0 aliphatic rings. The molecule has 0 aliphatic heterocycles. The lowest BCUT2D eigenvalue weighted by molar-refractivity contribution is 0.999. The van der Waals surface area contributed by atoms with Gasteiger partial charge in [-0.3, -0.25) is 14.5 Å². The summed E-state index contributed by atoms with van der Waals surface area (Å²) >= 11 is 0. The average Bonchev–Trinajstić information content (AvgIpc) is 2.98. The maximum Gasteiger partial charge on any atom is 0.264 e. The van der Waals surface area contributed by atoms with E-state index in [0.717, 1.165) is 22.1 Å². The quantitative estimate of drug-likeness (QED) is 0.572. The number of H-pyrrole nitrogens is 1. The zero-order valence-electron chi connectivity index (χ0n) is 10.6. The van der Waals surface area contributed by atoms with Gasteiger partial charge in [0.05, 0.1) is 11.9 Å². The summed E-state index contributed by atoms with van der Waals surface area (Å²) < 4.78 is 1.67. The second-order valence-electron chi connectivity index (χ2n) is 4.65. The van der Waals surface area contributed by atoms with E-state index in [9.17, 15) is 4.79 Å². The first-order chi connectivity index (χ1) is 9.86. The van der Waals surface area contributed by atoms with Crippen LogP contribution in [0.15, 0.2) is 65.6 Å². The highest BCUT2D eigenvalue weighted by Crippen LogP contribution is 2.22. The van der Waals surface area contributed by atoms with Crippen LogP contribution in [0.5, 0.6) is 0 Å². The minimum absolute atomic E-state index is 0.0384. The molecule has 96 valence electrons. The standard InChI is InChI=1S/C16H11N3O/c20-16-13-9-5-4-8-12(13)14-10-17-18-15(14)19(16)11-6-2-1-3-7-11/h1-10H,(H,17,18). The van der Waals surface area contributed by atoms with Crippen molar-refractivity contribution in [2.24, 2.45) is 0 Å². The van der Waals surface area contributed by atoms with Gasteiger partial charge >= 0.3 is 0 Å². The van der Waals surface area contributed by atoms with E-state index in [1.165, 1.54) is 0 Å².